The molecule has 162 valence electrons. The maximum atomic E-state index is 13.5. The molecule has 31 heavy (non-hydrogen) atoms. The molecular formula is C24H27FN4O2. The Kier molecular flexibility index (Phi) is 6.35. The molecule has 4 unspecified atom stereocenters. The number of nitriles is 3. The van der Waals surface area contributed by atoms with E-state index in [1.807, 2.05) is 12.1 Å². The average Bonchev–Trinajstić information content (AvgIpc) is 2.94. The van der Waals surface area contributed by atoms with Gasteiger partial charge in [0.2, 0.25) is 11.7 Å². The first-order valence-corrected chi connectivity index (χ1v) is 10.8. The van der Waals surface area contributed by atoms with Gasteiger partial charge in [-0.1, -0.05) is 52.4 Å². The summed E-state index contributed by atoms with van der Waals surface area (Å²) in [4.78, 5) is 0. The Hall–Kier alpha value is -2.95. The highest BCUT2D eigenvalue weighted by atomic mass is 19.1. The van der Waals surface area contributed by atoms with Crippen molar-refractivity contribution in [2.45, 2.75) is 70.7 Å². The minimum atomic E-state index is -1.87. The van der Waals surface area contributed by atoms with Gasteiger partial charge in [-0.3, -0.25) is 5.41 Å². The number of halogens is 1. The highest BCUT2D eigenvalue weighted by Gasteiger charge is 2.79. The van der Waals surface area contributed by atoms with Crippen LogP contribution in [0.3, 0.4) is 0 Å². The summed E-state index contributed by atoms with van der Waals surface area (Å²) in [6, 6.07) is 11.7. The predicted octanol–water partition coefficient (Wildman–Crippen LogP) is 5.32. The largest absolute Gasteiger partial charge is 0.443 e. The minimum Gasteiger partial charge on any atom is -0.443 e. The number of hydrogen-bond acceptors (Lipinski definition) is 6. The van der Waals surface area contributed by atoms with Crippen molar-refractivity contribution >= 4 is 5.90 Å². The van der Waals surface area contributed by atoms with Crippen LogP contribution in [-0.4, -0.2) is 12.0 Å². The fourth-order valence-corrected chi connectivity index (χ4v) is 5.03. The number of benzene rings is 1. The maximum Gasteiger partial charge on any atom is 0.243 e. The Morgan fingerprint density at radius 2 is 1.61 bits per heavy atom. The first kappa shape index (κ1) is 22.7. The van der Waals surface area contributed by atoms with Crippen molar-refractivity contribution < 1.29 is 13.9 Å². The SMILES string of the molecule is CCCCCCCCC1OC2(c3ccc(F)cc3)OC(=N)C(C#N)(C2C)C1(C#N)C#N. The molecule has 2 aliphatic rings. The predicted molar refractivity (Wildman–Crippen MR) is 111 cm³/mol. The third-order valence-electron chi connectivity index (χ3n) is 6.85. The van der Waals surface area contributed by atoms with E-state index in [-0.39, 0.29) is 0 Å². The van der Waals surface area contributed by atoms with Gasteiger partial charge in [0.1, 0.15) is 5.82 Å². The minimum absolute atomic E-state index is 0.392. The van der Waals surface area contributed by atoms with Gasteiger partial charge in [0.15, 0.2) is 10.8 Å². The molecule has 2 fully saturated rings. The molecule has 3 rings (SSSR count). The number of hydrogen-bond donors (Lipinski definition) is 1. The van der Waals surface area contributed by atoms with Crippen molar-refractivity contribution in [1.82, 2.24) is 0 Å². The van der Waals surface area contributed by atoms with E-state index in [2.05, 4.69) is 13.0 Å². The summed E-state index contributed by atoms with van der Waals surface area (Å²) in [6.07, 6.45) is 5.58. The maximum absolute atomic E-state index is 13.5. The summed E-state index contributed by atoms with van der Waals surface area (Å²) in [5, 5.41) is 39.0. The van der Waals surface area contributed by atoms with E-state index < -0.39 is 40.4 Å². The van der Waals surface area contributed by atoms with Gasteiger partial charge in [0, 0.05) is 5.56 Å². The molecule has 2 heterocycles. The summed E-state index contributed by atoms with van der Waals surface area (Å²) in [5.41, 5.74) is -3.20. The van der Waals surface area contributed by atoms with Crippen LogP contribution in [0.4, 0.5) is 4.39 Å². The zero-order valence-electron chi connectivity index (χ0n) is 17.9. The number of nitrogens with zero attached hydrogens (tertiary/aromatic N) is 3. The smallest absolute Gasteiger partial charge is 0.243 e. The second kappa shape index (κ2) is 8.66. The molecule has 1 aromatic rings. The van der Waals surface area contributed by atoms with Crippen LogP contribution in [0, 0.1) is 62.0 Å². The number of nitrogens with one attached hydrogen (secondary N) is 1. The van der Waals surface area contributed by atoms with E-state index in [0.717, 1.165) is 38.5 Å². The Labute approximate surface area is 182 Å². The molecule has 7 heteroatoms. The van der Waals surface area contributed by atoms with Crippen LogP contribution in [-0.2, 0) is 15.3 Å². The number of ether oxygens (including phenoxy) is 2. The van der Waals surface area contributed by atoms with Crippen LogP contribution >= 0.6 is 0 Å². The first-order valence-electron chi connectivity index (χ1n) is 10.8. The first-order chi connectivity index (χ1) is 14.9. The van der Waals surface area contributed by atoms with Gasteiger partial charge in [-0.25, -0.2) is 4.39 Å². The molecule has 6 nitrogen and oxygen atoms in total. The lowest BCUT2D eigenvalue weighted by molar-refractivity contribution is -0.286. The Morgan fingerprint density at radius 3 is 2.19 bits per heavy atom. The molecule has 0 saturated carbocycles. The quantitative estimate of drug-likeness (QED) is 0.570. The lowest BCUT2D eigenvalue weighted by Gasteiger charge is -2.48. The third-order valence-corrected chi connectivity index (χ3v) is 6.85. The number of rotatable bonds is 8. The second-order valence-corrected chi connectivity index (χ2v) is 8.44. The number of fused-ring (bicyclic) bond motifs is 2. The fraction of sp³-hybridized carbons (Fsp3) is 0.583. The van der Waals surface area contributed by atoms with Crippen molar-refractivity contribution in [3.8, 4) is 18.2 Å². The van der Waals surface area contributed by atoms with E-state index in [9.17, 15) is 20.2 Å². The summed E-state index contributed by atoms with van der Waals surface area (Å²) in [6.45, 7) is 3.80. The average molecular weight is 423 g/mol. The van der Waals surface area contributed by atoms with Gasteiger partial charge in [0.25, 0.3) is 0 Å². The molecule has 1 aromatic carbocycles. The Morgan fingerprint density at radius 1 is 1.00 bits per heavy atom. The molecule has 1 N–H and O–H groups in total. The van der Waals surface area contributed by atoms with Crippen molar-refractivity contribution in [1.29, 1.82) is 21.2 Å². The van der Waals surface area contributed by atoms with Crippen LogP contribution in [0.2, 0.25) is 0 Å². The molecule has 0 spiro atoms. The van der Waals surface area contributed by atoms with Crippen molar-refractivity contribution in [3.05, 3.63) is 35.6 Å². The van der Waals surface area contributed by atoms with Gasteiger partial charge >= 0.3 is 0 Å². The summed E-state index contributed by atoms with van der Waals surface area (Å²) < 4.78 is 25.8. The van der Waals surface area contributed by atoms with Gasteiger partial charge in [0.05, 0.1) is 30.2 Å². The third kappa shape index (κ3) is 3.18. The highest BCUT2D eigenvalue weighted by molar-refractivity contribution is 5.89. The summed E-state index contributed by atoms with van der Waals surface area (Å²) in [7, 11) is 0. The molecular weight excluding hydrogens is 395 g/mol. The van der Waals surface area contributed by atoms with Crippen LogP contribution in [0.15, 0.2) is 24.3 Å². The van der Waals surface area contributed by atoms with Crippen molar-refractivity contribution in [2.75, 3.05) is 0 Å². The zero-order valence-corrected chi connectivity index (χ0v) is 17.9. The molecule has 2 saturated heterocycles. The van der Waals surface area contributed by atoms with E-state index in [4.69, 9.17) is 14.9 Å². The zero-order chi connectivity index (χ0) is 22.7. The molecule has 0 aromatic heterocycles. The highest BCUT2D eigenvalue weighted by Crippen LogP contribution is 2.66. The molecule has 0 amide bonds. The standard InChI is InChI=1S/C24H27FN4O2/c1-3-4-5-6-7-8-9-20-22(14-26,15-27)23(16-28)17(2)24(30-20,31-21(23)29)18-10-12-19(25)13-11-18/h10-13,17,20,29H,3-9H2,1-2H3. The fourth-order valence-electron chi connectivity index (χ4n) is 5.03. The van der Waals surface area contributed by atoms with Gasteiger partial charge < -0.3 is 9.47 Å². The second-order valence-electron chi connectivity index (χ2n) is 8.44. The molecule has 2 bridgehead atoms. The van der Waals surface area contributed by atoms with E-state index in [0.29, 0.717) is 12.0 Å². The van der Waals surface area contributed by atoms with Gasteiger partial charge in [-0.05, 0) is 30.7 Å². The van der Waals surface area contributed by atoms with Crippen molar-refractivity contribution in [2.24, 2.45) is 16.7 Å². The van der Waals surface area contributed by atoms with Gasteiger partial charge in [-0.15, -0.1) is 0 Å². The Bertz CT molecular complexity index is 944. The molecule has 4 atom stereocenters. The van der Waals surface area contributed by atoms with Gasteiger partial charge in [-0.2, -0.15) is 15.8 Å². The van der Waals surface area contributed by atoms with Crippen molar-refractivity contribution in [3.63, 3.8) is 0 Å². The molecule has 0 aliphatic carbocycles. The number of unbranched alkanes of at least 4 members (excludes halogenated alkanes) is 5. The molecule has 0 radical (unpaired) electrons. The van der Waals surface area contributed by atoms with E-state index in [1.165, 1.54) is 24.3 Å². The summed E-state index contributed by atoms with van der Waals surface area (Å²) in [5.74, 6) is -3.22. The van der Waals surface area contributed by atoms with Crippen LogP contribution in [0.5, 0.6) is 0 Å². The van der Waals surface area contributed by atoms with Crippen LogP contribution in [0.1, 0.15) is 64.4 Å². The topological polar surface area (TPSA) is 114 Å². The molecule has 2 aliphatic heterocycles. The lowest BCUT2D eigenvalue weighted by Crippen LogP contribution is -2.60. The van der Waals surface area contributed by atoms with Crippen LogP contribution < -0.4 is 0 Å². The summed E-state index contributed by atoms with van der Waals surface area (Å²) >= 11 is 0. The monoisotopic (exact) mass is 422 g/mol. The van der Waals surface area contributed by atoms with E-state index in [1.54, 1.807) is 6.92 Å². The Balaban J connectivity index is 2.02. The normalized spacial score (nSPS) is 30.6. The van der Waals surface area contributed by atoms with E-state index >= 15 is 0 Å². The lowest BCUT2D eigenvalue weighted by atomic mass is 9.53. The van der Waals surface area contributed by atoms with Crippen LogP contribution in [0.25, 0.3) is 0 Å².